The first-order valence-electron chi connectivity index (χ1n) is 7.74. The zero-order chi connectivity index (χ0) is 14.7. The van der Waals surface area contributed by atoms with Gasteiger partial charge >= 0.3 is 0 Å². The van der Waals surface area contributed by atoms with Crippen LogP contribution in [0.25, 0.3) is 0 Å². The van der Waals surface area contributed by atoms with Gasteiger partial charge in [0.05, 0.1) is 11.4 Å². The molecule has 1 aromatic heterocycles. The summed E-state index contributed by atoms with van der Waals surface area (Å²) in [5, 5.41) is 3.47. The number of hydrogen-bond donors (Lipinski definition) is 1. The Balaban J connectivity index is 1.62. The maximum atomic E-state index is 4.48. The lowest BCUT2D eigenvalue weighted by Gasteiger charge is -2.18. The normalized spacial score (nSPS) is 14.5. The van der Waals surface area contributed by atoms with Crippen LogP contribution in [0.4, 0.5) is 11.4 Å². The van der Waals surface area contributed by atoms with E-state index >= 15 is 0 Å². The van der Waals surface area contributed by atoms with Gasteiger partial charge in [0.25, 0.3) is 0 Å². The van der Waals surface area contributed by atoms with E-state index in [2.05, 4.69) is 45.5 Å². The molecule has 3 heteroatoms. The molecule has 1 saturated heterocycles. The van der Waals surface area contributed by atoms with Crippen molar-refractivity contribution in [1.82, 2.24) is 4.98 Å². The van der Waals surface area contributed by atoms with Crippen LogP contribution >= 0.6 is 0 Å². The summed E-state index contributed by atoms with van der Waals surface area (Å²) in [6, 6.07) is 13.1. The fraction of sp³-hybridized carbons (Fsp3) is 0.389. The summed E-state index contributed by atoms with van der Waals surface area (Å²) in [4.78, 5) is 6.95. The highest BCUT2D eigenvalue weighted by molar-refractivity contribution is 5.50. The number of rotatable bonds is 4. The first-order chi connectivity index (χ1) is 10.2. The van der Waals surface area contributed by atoms with Crippen LogP contribution in [0.1, 0.15) is 29.8 Å². The van der Waals surface area contributed by atoms with Crippen molar-refractivity contribution in [2.75, 3.05) is 23.3 Å². The minimum absolute atomic E-state index is 0.839. The van der Waals surface area contributed by atoms with Crippen molar-refractivity contribution in [1.29, 1.82) is 0 Å². The molecule has 1 fully saturated rings. The Morgan fingerprint density at radius 1 is 1.00 bits per heavy atom. The van der Waals surface area contributed by atoms with Gasteiger partial charge in [-0.05, 0) is 56.5 Å². The molecule has 0 unspecified atom stereocenters. The molecule has 0 amide bonds. The molecule has 2 aromatic rings. The Morgan fingerprint density at radius 2 is 1.71 bits per heavy atom. The predicted molar refractivity (Wildman–Crippen MR) is 88.9 cm³/mol. The van der Waals surface area contributed by atoms with E-state index in [1.165, 1.54) is 37.2 Å². The molecule has 2 heterocycles. The highest BCUT2D eigenvalue weighted by Crippen LogP contribution is 2.21. The van der Waals surface area contributed by atoms with Gasteiger partial charge in [-0.15, -0.1) is 0 Å². The third-order valence-electron chi connectivity index (χ3n) is 4.12. The van der Waals surface area contributed by atoms with Gasteiger partial charge in [-0.1, -0.05) is 12.1 Å². The lowest BCUT2D eigenvalue weighted by Crippen LogP contribution is -2.17. The molecule has 0 atom stereocenters. The first kappa shape index (κ1) is 13.9. The van der Waals surface area contributed by atoms with Gasteiger partial charge in [-0.2, -0.15) is 0 Å². The molecule has 110 valence electrons. The predicted octanol–water partition coefficient (Wildman–Crippen LogP) is 3.91. The van der Waals surface area contributed by atoms with Crippen molar-refractivity contribution >= 4 is 11.4 Å². The van der Waals surface area contributed by atoms with Crippen molar-refractivity contribution in [3.8, 4) is 0 Å². The summed E-state index contributed by atoms with van der Waals surface area (Å²) >= 11 is 0. The lowest BCUT2D eigenvalue weighted by molar-refractivity contribution is 0.949. The Hall–Kier alpha value is -2.03. The van der Waals surface area contributed by atoms with Crippen molar-refractivity contribution in [2.24, 2.45) is 0 Å². The topological polar surface area (TPSA) is 28.2 Å². The maximum absolute atomic E-state index is 4.48. The second-order valence-electron chi connectivity index (χ2n) is 5.80. The van der Waals surface area contributed by atoms with Crippen LogP contribution in [0.2, 0.25) is 0 Å². The summed E-state index contributed by atoms with van der Waals surface area (Å²) in [7, 11) is 0. The molecular weight excluding hydrogens is 258 g/mol. The molecule has 0 radical (unpaired) electrons. The van der Waals surface area contributed by atoms with Gasteiger partial charge in [0.1, 0.15) is 0 Å². The molecular formula is C18H23N3. The minimum atomic E-state index is 0.839. The van der Waals surface area contributed by atoms with E-state index in [4.69, 9.17) is 0 Å². The molecule has 0 spiro atoms. The van der Waals surface area contributed by atoms with Gasteiger partial charge in [0.15, 0.2) is 0 Å². The second-order valence-corrected chi connectivity index (χ2v) is 5.80. The first-order valence-corrected chi connectivity index (χ1v) is 7.74. The van der Waals surface area contributed by atoms with E-state index in [0.717, 1.165) is 23.6 Å². The molecule has 1 aliphatic rings. The van der Waals surface area contributed by atoms with Crippen molar-refractivity contribution in [3.63, 3.8) is 0 Å². The van der Waals surface area contributed by atoms with Crippen LogP contribution in [-0.2, 0) is 6.54 Å². The molecule has 1 aromatic carbocycles. The average Bonchev–Trinajstić information content (AvgIpc) is 3.01. The van der Waals surface area contributed by atoms with Gasteiger partial charge in [0.2, 0.25) is 0 Å². The molecule has 0 bridgehead atoms. The fourth-order valence-corrected chi connectivity index (χ4v) is 2.87. The SMILES string of the molecule is Cc1ccc(NCc2ccc(N3CCCC3)cc2)c(C)n1. The van der Waals surface area contributed by atoms with Crippen molar-refractivity contribution < 1.29 is 0 Å². The smallest absolute Gasteiger partial charge is 0.0606 e. The molecule has 3 rings (SSSR count). The quantitative estimate of drug-likeness (QED) is 0.921. The van der Waals surface area contributed by atoms with Crippen molar-refractivity contribution in [2.45, 2.75) is 33.2 Å². The highest BCUT2D eigenvalue weighted by atomic mass is 15.1. The number of anilines is 2. The second kappa shape index (κ2) is 6.17. The van der Waals surface area contributed by atoms with E-state index in [1.807, 2.05) is 19.9 Å². The third kappa shape index (κ3) is 3.35. The number of hydrogen-bond acceptors (Lipinski definition) is 3. The van der Waals surface area contributed by atoms with E-state index in [-0.39, 0.29) is 0 Å². The number of pyridine rings is 1. The summed E-state index contributed by atoms with van der Waals surface area (Å²) in [6.45, 7) is 7.31. The third-order valence-corrected chi connectivity index (χ3v) is 4.12. The number of aromatic nitrogens is 1. The fourth-order valence-electron chi connectivity index (χ4n) is 2.87. The summed E-state index contributed by atoms with van der Waals surface area (Å²) in [5.74, 6) is 0. The van der Waals surface area contributed by atoms with Gasteiger partial charge < -0.3 is 10.2 Å². The zero-order valence-corrected chi connectivity index (χ0v) is 12.9. The van der Waals surface area contributed by atoms with Gasteiger partial charge in [0, 0.05) is 31.0 Å². The van der Waals surface area contributed by atoms with E-state index < -0.39 is 0 Å². The number of aryl methyl sites for hydroxylation is 2. The van der Waals surface area contributed by atoms with Crippen molar-refractivity contribution in [3.05, 3.63) is 53.3 Å². The summed E-state index contributed by atoms with van der Waals surface area (Å²) in [5.41, 5.74) is 5.89. The van der Waals surface area contributed by atoms with E-state index in [1.54, 1.807) is 0 Å². The lowest BCUT2D eigenvalue weighted by atomic mass is 10.2. The molecule has 0 aliphatic carbocycles. The van der Waals surface area contributed by atoms with Crippen LogP contribution in [0.15, 0.2) is 36.4 Å². The van der Waals surface area contributed by atoms with Crippen LogP contribution in [0, 0.1) is 13.8 Å². The standard InChI is InChI=1S/C18H23N3/c1-14-5-10-18(15(2)20-14)19-13-16-6-8-17(9-7-16)21-11-3-4-12-21/h5-10,19H,3-4,11-13H2,1-2H3. The number of benzene rings is 1. The monoisotopic (exact) mass is 281 g/mol. The number of nitrogens with zero attached hydrogens (tertiary/aromatic N) is 2. The van der Waals surface area contributed by atoms with Gasteiger partial charge in [-0.3, -0.25) is 4.98 Å². The summed E-state index contributed by atoms with van der Waals surface area (Å²) in [6.07, 6.45) is 2.64. The minimum Gasteiger partial charge on any atom is -0.380 e. The van der Waals surface area contributed by atoms with Gasteiger partial charge in [-0.25, -0.2) is 0 Å². The number of nitrogens with one attached hydrogen (secondary N) is 1. The van der Waals surface area contributed by atoms with Crippen LogP contribution in [0.5, 0.6) is 0 Å². The largest absolute Gasteiger partial charge is 0.380 e. The Bertz CT molecular complexity index is 598. The van der Waals surface area contributed by atoms with E-state index in [0.29, 0.717) is 0 Å². The van der Waals surface area contributed by atoms with Crippen LogP contribution in [0.3, 0.4) is 0 Å². The molecule has 3 nitrogen and oxygen atoms in total. The van der Waals surface area contributed by atoms with Crippen LogP contribution < -0.4 is 10.2 Å². The molecule has 21 heavy (non-hydrogen) atoms. The Labute approximate surface area is 127 Å². The van der Waals surface area contributed by atoms with E-state index in [9.17, 15) is 0 Å². The summed E-state index contributed by atoms with van der Waals surface area (Å²) < 4.78 is 0. The average molecular weight is 281 g/mol. The maximum Gasteiger partial charge on any atom is 0.0606 e. The molecule has 1 aliphatic heterocycles. The van der Waals surface area contributed by atoms with Crippen LogP contribution in [-0.4, -0.2) is 18.1 Å². The Kier molecular flexibility index (Phi) is 4.09. The Morgan fingerprint density at radius 3 is 2.38 bits per heavy atom. The zero-order valence-electron chi connectivity index (χ0n) is 12.9. The molecule has 0 saturated carbocycles. The molecule has 1 N–H and O–H groups in total. The highest BCUT2D eigenvalue weighted by Gasteiger charge is 2.11.